The molecule has 0 N–H and O–H groups in total. The number of carbonyl (C=O) groups is 2. The van der Waals surface area contributed by atoms with Crippen molar-refractivity contribution < 1.29 is 9.59 Å². The van der Waals surface area contributed by atoms with Crippen molar-refractivity contribution in [2.24, 2.45) is 0 Å². The lowest BCUT2D eigenvalue weighted by atomic mass is 10.0. The van der Waals surface area contributed by atoms with Crippen molar-refractivity contribution in [2.75, 3.05) is 9.80 Å². The highest BCUT2D eigenvalue weighted by atomic mass is 16.2. The second-order valence-electron chi connectivity index (χ2n) is 6.97. The maximum atomic E-state index is 13.3. The minimum atomic E-state index is -0.326. The molecule has 3 aromatic rings. The van der Waals surface area contributed by atoms with Crippen molar-refractivity contribution in [3.05, 3.63) is 96.1 Å². The molecule has 0 saturated heterocycles. The van der Waals surface area contributed by atoms with Gasteiger partial charge in [-0.2, -0.15) is 0 Å². The zero-order valence-corrected chi connectivity index (χ0v) is 15.8. The Bertz CT molecular complexity index is 986. The summed E-state index contributed by atoms with van der Waals surface area (Å²) in [5.74, 6) is -0.0652. The van der Waals surface area contributed by atoms with Crippen LogP contribution < -0.4 is 9.80 Å². The van der Waals surface area contributed by atoms with Crippen LogP contribution in [-0.2, 0) is 16.1 Å². The molecular formula is C24H22N2O2. The molecule has 1 aliphatic heterocycles. The molecule has 2 amide bonds. The minimum Gasteiger partial charge on any atom is -0.306 e. The molecule has 0 aromatic heterocycles. The molecule has 0 fully saturated rings. The Morgan fingerprint density at radius 3 is 2.07 bits per heavy atom. The number of para-hydroxylation sites is 2. The summed E-state index contributed by atoms with van der Waals surface area (Å²) in [4.78, 5) is 29.5. The molecular weight excluding hydrogens is 348 g/mol. The van der Waals surface area contributed by atoms with Gasteiger partial charge in [0.25, 0.3) is 0 Å². The van der Waals surface area contributed by atoms with E-state index in [9.17, 15) is 9.59 Å². The molecule has 4 nitrogen and oxygen atoms in total. The summed E-state index contributed by atoms with van der Waals surface area (Å²) < 4.78 is 0. The fourth-order valence-electron chi connectivity index (χ4n) is 3.84. The Balaban J connectivity index is 1.83. The molecule has 0 spiro atoms. The first-order valence-electron chi connectivity index (χ1n) is 9.43. The van der Waals surface area contributed by atoms with Crippen LogP contribution in [0.3, 0.4) is 0 Å². The molecule has 0 aliphatic carbocycles. The lowest BCUT2D eigenvalue weighted by Crippen LogP contribution is -2.34. The first kappa shape index (κ1) is 18.0. The zero-order valence-electron chi connectivity index (χ0n) is 15.8. The van der Waals surface area contributed by atoms with E-state index in [2.05, 4.69) is 0 Å². The molecule has 0 saturated carbocycles. The van der Waals surface area contributed by atoms with Crippen molar-refractivity contribution in [1.29, 1.82) is 0 Å². The Morgan fingerprint density at radius 1 is 0.857 bits per heavy atom. The number of fused-ring (bicyclic) bond motifs is 1. The molecule has 1 atom stereocenters. The van der Waals surface area contributed by atoms with Gasteiger partial charge < -0.3 is 9.80 Å². The van der Waals surface area contributed by atoms with E-state index in [4.69, 9.17) is 0 Å². The number of hydrogen-bond acceptors (Lipinski definition) is 2. The van der Waals surface area contributed by atoms with E-state index in [1.54, 1.807) is 16.7 Å². The predicted molar refractivity (Wildman–Crippen MR) is 111 cm³/mol. The van der Waals surface area contributed by atoms with Gasteiger partial charge in [0, 0.05) is 6.92 Å². The van der Waals surface area contributed by atoms with E-state index in [1.807, 2.05) is 84.9 Å². The number of amides is 2. The van der Waals surface area contributed by atoms with Gasteiger partial charge in [0.15, 0.2) is 0 Å². The highest BCUT2D eigenvalue weighted by Crippen LogP contribution is 2.41. The summed E-state index contributed by atoms with van der Waals surface area (Å²) in [5.41, 5.74) is 3.55. The van der Waals surface area contributed by atoms with Gasteiger partial charge in [0.1, 0.15) is 0 Å². The highest BCUT2D eigenvalue weighted by Gasteiger charge is 2.35. The van der Waals surface area contributed by atoms with Crippen LogP contribution in [-0.4, -0.2) is 11.8 Å². The van der Waals surface area contributed by atoms with Crippen LogP contribution in [0.5, 0.6) is 0 Å². The summed E-state index contributed by atoms with van der Waals surface area (Å²) in [6.07, 6.45) is 0.241. The van der Waals surface area contributed by atoms with Crippen LogP contribution in [0, 0.1) is 0 Å². The highest BCUT2D eigenvalue weighted by molar-refractivity contribution is 6.05. The van der Waals surface area contributed by atoms with E-state index in [-0.39, 0.29) is 24.3 Å². The van der Waals surface area contributed by atoms with Crippen molar-refractivity contribution in [2.45, 2.75) is 25.9 Å². The Morgan fingerprint density at radius 2 is 1.43 bits per heavy atom. The second kappa shape index (κ2) is 7.69. The number of carbonyl (C=O) groups excluding carboxylic acids is 2. The Hall–Kier alpha value is -3.40. The van der Waals surface area contributed by atoms with Gasteiger partial charge >= 0.3 is 0 Å². The number of hydrogen-bond donors (Lipinski definition) is 0. The van der Waals surface area contributed by atoms with Gasteiger partial charge in [-0.25, -0.2) is 0 Å². The lowest BCUT2D eigenvalue weighted by molar-refractivity contribution is -0.119. The van der Waals surface area contributed by atoms with E-state index in [1.165, 1.54) is 0 Å². The van der Waals surface area contributed by atoms with Gasteiger partial charge in [-0.1, -0.05) is 72.8 Å². The van der Waals surface area contributed by atoms with Gasteiger partial charge in [-0.3, -0.25) is 9.59 Å². The molecule has 28 heavy (non-hydrogen) atoms. The minimum absolute atomic E-state index is 0.00825. The van der Waals surface area contributed by atoms with Crippen LogP contribution in [0.25, 0.3) is 0 Å². The molecule has 3 aromatic carbocycles. The van der Waals surface area contributed by atoms with Crippen LogP contribution in [0.2, 0.25) is 0 Å². The standard InChI is InChI=1S/C24H22N2O2/c1-18(27)26-22-15-9-8-14-21(22)25(17-19-10-4-2-5-11-19)24(28)16-23(26)20-12-6-3-7-13-20/h2-15,23H,16-17H2,1H3/t23-/m0/s1. The van der Waals surface area contributed by atoms with Crippen LogP contribution in [0.15, 0.2) is 84.9 Å². The summed E-state index contributed by atoms with van der Waals surface area (Å²) in [6.45, 7) is 2.04. The third kappa shape index (κ3) is 3.41. The van der Waals surface area contributed by atoms with Gasteiger partial charge in [-0.15, -0.1) is 0 Å². The maximum absolute atomic E-state index is 13.3. The number of benzene rings is 3. The molecule has 0 bridgehead atoms. The zero-order chi connectivity index (χ0) is 19.5. The predicted octanol–water partition coefficient (Wildman–Crippen LogP) is 4.72. The van der Waals surface area contributed by atoms with E-state index in [0.717, 1.165) is 22.5 Å². The molecule has 1 aliphatic rings. The van der Waals surface area contributed by atoms with E-state index >= 15 is 0 Å². The maximum Gasteiger partial charge on any atom is 0.229 e. The van der Waals surface area contributed by atoms with Crippen LogP contribution >= 0.6 is 0 Å². The first-order chi connectivity index (χ1) is 13.6. The topological polar surface area (TPSA) is 40.6 Å². The van der Waals surface area contributed by atoms with Crippen molar-refractivity contribution in [3.8, 4) is 0 Å². The van der Waals surface area contributed by atoms with Gasteiger partial charge in [-0.05, 0) is 23.3 Å². The first-order valence-corrected chi connectivity index (χ1v) is 9.43. The summed E-state index contributed by atoms with van der Waals surface area (Å²) >= 11 is 0. The second-order valence-corrected chi connectivity index (χ2v) is 6.97. The van der Waals surface area contributed by atoms with Crippen LogP contribution in [0.4, 0.5) is 11.4 Å². The molecule has 140 valence electrons. The number of anilines is 2. The van der Waals surface area contributed by atoms with Crippen LogP contribution in [0.1, 0.15) is 30.5 Å². The van der Waals surface area contributed by atoms with Gasteiger partial charge in [0.05, 0.1) is 30.4 Å². The monoisotopic (exact) mass is 370 g/mol. The van der Waals surface area contributed by atoms with E-state index < -0.39 is 0 Å². The SMILES string of the molecule is CC(=O)N1c2ccccc2N(Cc2ccccc2)C(=O)C[C@H]1c1ccccc1. The van der Waals surface area contributed by atoms with Crippen molar-refractivity contribution in [3.63, 3.8) is 0 Å². The quantitative estimate of drug-likeness (QED) is 0.669. The molecule has 0 radical (unpaired) electrons. The number of rotatable bonds is 3. The summed E-state index contributed by atoms with van der Waals surface area (Å²) in [6, 6.07) is 27.0. The number of nitrogens with zero attached hydrogens (tertiary/aromatic N) is 2. The normalized spacial score (nSPS) is 16.5. The van der Waals surface area contributed by atoms with E-state index in [0.29, 0.717) is 6.54 Å². The third-order valence-corrected chi connectivity index (χ3v) is 5.12. The fraction of sp³-hybridized carbons (Fsp3) is 0.167. The van der Waals surface area contributed by atoms with Crippen molar-refractivity contribution in [1.82, 2.24) is 0 Å². The third-order valence-electron chi connectivity index (χ3n) is 5.12. The van der Waals surface area contributed by atoms with Gasteiger partial charge in [0.2, 0.25) is 11.8 Å². The largest absolute Gasteiger partial charge is 0.306 e. The fourth-order valence-corrected chi connectivity index (χ4v) is 3.84. The molecule has 4 rings (SSSR count). The summed E-state index contributed by atoms with van der Waals surface area (Å²) in [5, 5.41) is 0. The molecule has 1 heterocycles. The Labute approximate surface area is 165 Å². The smallest absolute Gasteiger partial charge is 0.229 e. The average Bonchev–Trinajstić information content (AvgIpc) is 2.84. The Kier molecular flexibility index (Phi) is 4.94. The lowest BCUT2D eigenvalue weighted by Gasteiger charge is -2.30. The average molecular weight is 370 g/mol. The molecule has 4 heteroatoms. The van der Waals surface area contributed by atoms with Crippen molar-refractivity contribution >= 4 is 23.2 Å². The summed E-state index contributed by atoms with van der Waals surface area (Å²) in [7, 11) is 0. The molecule has 0 unspecified atom stereocenters.